The molecule has 2 aromatic carbocycles. The summed E-state index contributed by atoms with van der Waals surface area (Å²) >= 11 is 0. The van der Waals surface area contributed by atoms with Crippen LogP contribution in [0, 0.1) is 12.7 Å². The summed E-state index contributed by atoms with van der Waals surface area (Å²) in [5.41, 5.74) is 0.0374. The molecule has 2 rings (SSSR count). The maximum absolute atomic E-state index is 13.1. The van der Waals surface area contributed by atoms with Gasteiger partial charge in [-0.05, 0) is 41.8 Å². The van der Waals surface area contributed by atoms with Crippen LogP contribution < -0.4 is 0 Å². The molecule has 0 atom stereocenters. The molecule has 4 heteroatoms. The first-order chi connectivity index (χ1) is 8.39. The largest absolute Gasteiger partial charge is 0.417 e. The van der Waals surface area contributed by atoms with Crippen molar-refractivity contribution in [3.63, 3.8) is 0 Å². The van der Waals surface area contributed by atoms with E-state index in [1.54, 1.807) is 0 Å². The summed E-state index contributed by atoms with van der Waals surface area (Å²) in [6.45, 7) is 1.52. The Labute approximate surface area is 102 Å². The van der Waals surface area contributed by atoms with Crippen LogP contribution in [0.15, 0.2) is 42.5 Å². The van der Waals surface area contributed by atoms with Gasteiger partial charge in [-0.2, -0.15) is 13.2 Å². The quantitative estimate of drug-likeness (QED) is 0.640. The molecule has 0 amide bonds. The van der Waals surface area contributed by atoms with Gasteiger partial charge in [0, 0.05) is 0 Å². The smallest absolute Gasteiger partial charge is 0.207 e. The molecule has 0 unspecified atom stereocenters. The summed E-state index contributed by atoms with van der Waals surface area (Å²) in [7, 11) is 0. The molecule has 0 nitrogen and oxygen atoms in total. The minimum Gasteiger partial charge on any atom is -0.207 e. The molecular weight excluding hydrogens is 244 g/mol. The lowest BCUT2D eigenvalue weighted by atomic mass is 9.98. The van der Waals surface area contributed by atoms with E-state index < -0.39 is 17.6 Å². The molecule has 0 bridgehead atoms. The van der Waals surface area contributed by atoms with Crippen molar-refractivity contribution in [2.75, 3.05) is 0 Å². The van der Waals surface area contributed by atoms with Crippen LogP contribution in [0.25, 0.3) is 11.1 Å². The fourth-order valence-electron chi connectivity index (χ4n) is 1.79. The molecule has 0 radical (unpaired) electrons. The zero-order chi connectivity index (χ0) is 13.3. The second-order valence-electron chi connectivity index (χ2n) is 4.01. The molecule has 0 saturated heterocycles. The van der Waals surface area contributed by atoms with Crippen molar-refractivity contribution in [3.8, 4) is 11.1 Å². The Hall–Kier alpha value is -1.84. The van der Waals surface area contributed by atoms with Gasteiger partial charge in [0.1, 0.15) is 5.82 Å². The molecule has 0 heterocycles. The maximum Gasteiger partial charge on any atom is 0.417 e. The van der Waals surface area contributed by atoms with E-state index in [-0.39, 0.29) is 5.56 Å². The zero-order valence-electron chi connectivity index (χ0n) is 9.55. The van der Waals surface area contributed by atoms with E-state index >= 15 is 0 Å². The minimum atomic E-state index is -4.42. The van der Waals surface area contributed by atoms with E-state index in [0.717, 1.165) is 6.07 Å². The van der Waals surface area contributed by atoms with Crippen LogP contribution >= 0.6 is 0 Å². The highest BCUT2D eigenvalue weighted by Gasteiger charge is 2.33. The molecular formula is C14H10F4. The summed E-state index contributed by atoms with van der Waals surface area (Å²) in [5.74, 6) is -0.428. The van der Waals surface area contributed by atoms with Gasteiger partial charge in [-0.3, -0.25) is 0 Å². The Balaban J connectivity index is 2.61. The first kappa shape index (κ1) is 12.6. The summed E-state index contributed by atoms with van der Waals surface area (Å²) < 4.78 is 51.6. The molecule has 0 saturated carbocycles. The zero-order valence-corrected chi connectivity index (χ0v) is 9.55. The van der Waals surface area contributed by atoms with Crippen molar-refractivity contribution in [1.82, 2.24) is 0 Å². The van der Waals surface area contributed by atoms with Gasteiger partial charge in [0.25, 0.3) is 0 Å². The molecule has 0 aliphatic carbocycles. The van der Waals surface area contributed by atoms with Gasteiger partial charge in [-0.1, -0.05) is 24.3 Å². The Morgan fingerprint density at radius 2 is 1.61 bits per heavy atom. The van der Waals surface area contributed by atoms with Crippen LogP contribution in [0.4, 0.5) is 17.6 Å². The van der Waals surface area contributed by atoms with Crippen LogP contribution in [0.5, 0.6) is 0 Å². The van der Waals surface area contributed by atoms with Gasteiger partial charge in [0.2, 0.25) is 0 Å². The molecule has 0 N–H and O–H groups in total. The number of hydrogen-bond acceptors (Lipinski definition) is 0. The molecule has 2 aromatic rings. The van der Waals surface area contributed by atoms with E-state index in [1.165, 1.54) is 43.3 Å². The summed E-state index contributed by atoms with van der Waals surface area (Å²) in [4.78, 5) is 0. The standard InChI is InChI=1S/C14H10F4/c1-9-8-10(6-7-13(9)15)11-4-2-3-5-12(11)14(16,17)18/h2-8H,1H3. The molecule has 0 aromatic heterocycles. The lowest BCUT2D eigenvalue weighted by Gasteiger charge is -2.13. The molecule has 0 aliphatic heterocycles. The minimum absolute atomic E-state index is 0.0631. The third kappa shape index (κ3) is 2.37. The van der Waals surface area contributed by atoms with Gasteiger partial charge >= 0.3 is 6.18 Å². The average Bonchev–Trinajstić information content (AvgIpc) is 2.32. The summed E-state index contributed by atoms with van der Waals surface area (Å²) in [6.07, 6.45) is -4.42. The lowest BCUT2D eigenvalue weighted by Crippen LogP contribution is -2.06. The van der Waals surface area contributed by atoms with Crippen molar-refractivity contribution in [3.05, 3.63) is 59.4 Å². The van der Waals surface area contributed by atoms with E-state index in [2.05, 4.69) is 0 Å². The predicted molar refractivity (Wildman–Crippen MR) is 61.6 cm³/mol. The predicted octanol–water partition coefficient (Wildman–Crippen LogP) is 4.82. The number of hydrogen-bond donors (Lipinski definition) is 0. The van der Waals surface area contributed by atoms with Crippen LogP contribution in [0.2, 0.25) is 0 Å². The van der Waals surface area contributed by atoms with E-state index in [1.807, 2.05) is 0 Å². The third-order valence-electron chi connectivity index (χ3n) is 2.70. The van der Waals surface area contributed by atoms with E-state index in [4.69, 9.17) is 0 Å². The molecule has 18 heavy (non-hydrogen) atoms. The molecule has 0 spiro atoms. The second-order valence-corrected chi connectivity index (χ2v) is 4.01. The van der Waals surface area contributed by atoms with Gasteiger partial charge < -0.3 is 0 Å². The van der Waals surface area contributed by atoms with Gasteiger partial charge in [-0.25, -0.2) is 4.39 Å². The van der Waals surface area contributed by atoms with E-state index in [0.29, 0.717) is 11.1 Å². The van der Waals surface area contributed by atoms with Crippen LogP contribution in [0.1, 0.15) is 11.1 Å². The van der Waals surface area contributed by atoms with Gasteiger partial charge in [0.15, 0.2) is 0 Å². The van der Waals surface area contributed by atoms with Crippen molar-refractivity contribution in [2.24, 2.45) is 0 Å². The number of benzene rings is 2. The number of rotatable bonds is 1. The highest BCUT2D eigenvalue weighted by molar-refractivity contribution is 5.68. The van der Waals surface area contributed by atoms with Gasteiger partial charge in [-0.15, -0.1) is 0 Å². The van der Waals surface area contributed by atoms with Crippen molar-refractivity contribution >= 4 is 0 Å². The van der Waals surface area contributed by atoms with Crippen molar-refractivity contribution in [2.45, 2.75) is 13.1 Å². The number of aryl methyl sites for hydroxylation is 1. The third-order valence-corrected chi connectivity index (χ3v) is 2.70. The average molecular weight is 254 g/mol. The van der Waals surface area contributed by atoms with Crippen molar-refractivity contribution in [1.29, 1.82) is 0 Å². The molecule has 94 valence electrons. The summed E-state index contributed by atoms with van der Waals surface area (Å²) in [6, 6.07) is 9.22. The van der Waals surface area contributed by atoms with Crippen molar-refractivity contribution < 1.29 is 17.6 Å². The monoisotopic (exact) mass is 254 g/mol. The first-order valence-electron chi connectivity index (χ1n) is 5.32. The second kappa shape index (κ2) is 4.44. The molecule has 0 fully saturated rings. The fraction of sp³-hybridized carbons (Fsp3) is 0.143. The number of halogens is 4. The van der Waals surface area contributed by atoms with Gasteiger partial charge in [0.05, 0.1) is 5.56 Å². The Kier molecular flexibility index (Phi) is 3.11. The SMILES string of the molecule is Cc1cc(-c2ccccc2C(F)(F)F)ccc1F. The maximum atomic E-state index is 13.1. The highest BCUT2D eigenvalue weighted by Crippen LogP contribution is 2.37. The van der Waals surface area contributed by atoms with Crippen LogP contribution in [-0.4, -0.2) is 0 Å². The summed E-state index contributed by atoms with van der Waals surface area (Å²) in [5, 5.41) is 0. The molecule has 0 aliphatic rings. The Morgan fingerprint density at radius 1 is 0.944 bits per heavy atom. The Bertz CT molecular complexity index is 570. The topological polar surface area (TPSA) is 0 Å². The van der Waals surface area contributed by atoms with Crippen LogP contribution in [0.3, 0.4) is 0 Å². The Morgan fingerprint density at radius 3 is 2.22 bits per heavy atom. The van der Waals surface area contributed by atoms with Crippen LogP contribution in [-0.2, 0) is 6.18 Å². The number of alkyl halides is 3. The highest BCUT2D eigenvalue weighted by atomic mass is 19.4. The first-order valence-corrected chi connectivity index (χ1v) is 5.32. The lowest BCUT2D eigenvalue weighted by molar-refractivity contribution is -0.137. The normalized spacial score (nSPS) is 11.6. The van der Waals surface area contributed by atoms with E-state index in [9.17, 15) is 17.6 Å². The fourth-order valence-corrected chi connectivity index (χ4v) is 1.79.